The second-order valence-corrected chi connectivity index (χ2v) is 5.63. The third-order valence-corrected chi connectivity index (χ3v) is 3.43. The molecule has 0 heterocycles. The smallest absolute Gasteiger partial charge is 0.262 e. The molecule has 0 bridgehead atoms. The van der Waals surface area contributed by atoms with Crippen LogP contribution in [0, 0.1) is 13.8 Å². The second-order valence-electron chi connectivity index (χ2n) is 5.63. The van der Waals surface area contributed by atoms with Crippen LogP contribution in [-0.2, 0) is 4.79 Å². The topological polar surface area (TPSA) is 64.6 Å². The van der Waals surface area contributed by atoms with Crippen molar-refractivity contribution in [1.82, 2.24) is 0 Å². The summed E-state index contributed by atoms with van der Waals surface area (Å²) in [6.45, 7) is 5.19. The number of aryl methyl sites for hydroxylation is 2. The van der Waals surface area contributed by atoms with Crippen LogP contribution in [0.4, 0.5) is 5.69 Å². The number of anilines is 1. The van der Waals surface area contributed by atoms with Crippen LogP contribution < -0.4 is 14.8 Å². The Morgan fingerprint density at radius 3 is 2.29 bits per heavy atom. The number of hydrogen-bond acceptors (Lipinski definition) is 4. The third kappa shape index (κ3) is 4.59. The van der Waals surface area contributed by atoms with Gasteiger partial charge in [0.05, 0.1) is 12.7 Å². The Labute approximate surface area is 141 Å². The van der Waals surface area contributed by atoms with Gasteiger partial charge in [-0.25, -0.2) is 0 Å². The van der Waals surface area contributed by atoms with Crippen LogP contribution in [0.5, 0.6) is 11.5 Å². The van der Waals surface area contributed by atoms with Gasteiger partial charge in [-0.15, -0.1) is 0 Å². The average molecular weight is 327 g/mol. The average Bonchev–Trinajstić information content (AvgIpc) is 2.51. The minimum atomic E-state index is -0.294. The van der Waals surface area contributed by atoms with Gasteiger partial charge in [0, 0.05) is 11.8 Å². The molecule has 0 aliphatic heterocycles. The highest BCUT2D eigenvalue weighted by Gasteiger charge is 2.12. The number of nitrogens with one attached hydrogen (secondary N) is 1. The summed E-state index contributed by atoms with van der Waals surface area (Å²) in [4.78, 5) is 23.7. The van der Waals surface area contributed by atoms with Gasteiger partial charge in [-0.05, 0) is 56.2 Å². The molecular weight excluding hydrogens is 306 g/mol. The van der Waals surface area contributed by atoms with E-state index >= 15 is 0 Å². The maximum atomic E-state index is 12.1. The zero-order valence-corrected chi connectivity index (χ0v) is 14.3. The lowest BCUT2D eigenvalue weighted by Gasteiger charge is -2.12. The number of amides is 1. The summed E-state index contributed by atoms with van der Waals surface area (Å²) < 4.78 is 10.6. The highest BCUT2D eigenvalue weighted by Crippen LogP contribution is 2.25. The summed E-state index contributed by atoms with van der Waals surface area (Å²) in [5.74, 6) is 0.460. The summed E-state index contributed by atoms with van der Waals surface area (Å²) in [7, 11) is 1.53. The number of ether oxygens (including phenoxy) is 2. The zero-order valence-electron chi connectivity index (χ0n) is 14.3. The second kappa shape index (κ2) is 7.64. The van der Waals surface area contributed by atoms with Crippen molar-refractivity contribution in [2.45, 2.75) is 20.8 Å². The molecule has 2 aromatic carbocycles. The van der Waals surface area contributed by atoms with Gasteiger partial charge in [0.15, 0.2) is 12.4 Å². The summed E-state index contributed by atoms with van der Waals surface area (Å²) in [5, 5.41) is 2.79. The lowest BCUT2D eigenvalue weighted by Crippen LogP contribution is -2.21. The Hall–Kier alpha value is -2.82. The number of carbonyl (C=O) groups excluding carboxylic acids is 2. The zero-order chi connectivity index (χ0) is 17.7. The quantitative estimate of drug-likeness (QED) is 0.824. The molecule has 2 rings (SSSR count). The molecule has 0 radical (unpaired) electrons. The van der Waals surface area contributed by atoms with Crippen molar-refractivity contribution in [3.05, 3.63) is 53.1 Å². The van der Waals surface area contributed by atoms with Crippen molar-refractivity contribution in [3.8, 4) is 11.5 Å². The van der Waals surface area contributed by atoms with Gasteiger partial charge in [0.1, 0.15) is 11.5 Å². The molecule has 1 amide bonds. The van der Waals surface area contributed by atoms with Crippen molar-refractivity contribution in [2.75, 3.05) is 19.0 Å². The molecule has 126 valence electrons. The lowest BCUT2D eigenvalue weighted by molar-refractivity contribution is -0.118. The predicted molar refractivity (Wildman–Crippen MR) is 93.0 cm³/mol. The van der Waals surface area contributed by atoms with E-state index in [0.717, 1.165) is 16.8 Å². The molecule has 0 aromatic heterocycles. The van der Waals surface area contributed by atoms with Crippen molar-refractivity contribution in [3.63, 3.8) is 0 Å². The normalized spacial score (nSPS) is 10.2. The number of hydrogen-bond donors (Lipinski definition) is 1. The van der Waals surface area contributed by atoms with E-state index < -0.39 is 0 Å². The SMILES string of the molecule is COc1ccc(C(C)=O)c(OCC(=O)Nc2cc(C)cc(C)c2)c1. The van der Waals surface area contributed by atoms with Crippen LogP contribution >= 0.6 is 0 Å². The molecule has 0 unspecified atom stereocenters. The fourth-order valence-electron chi connectivity index (χ4n) is 2.43. The molecule has 5 nitrogen and oxygen atoms in total. The van der Waals surface area contributed by atoms with E-state index in [9.17, 15) is 9.59 Å². The molecule has 1 N–H and O–H groups in total. The Balaban J connectivity index is 2.07. The first-order valence-corrected chi connectivity index (χ1v) is 7.59. The first kappa shape index (κ1) is 17.5. The molecule has 24 heavy (non-hydrogen) atoms. The van der Waals surface area contributed by atoms with Crippen molar-refractivity contribution < 1.29 is 19.1 Å². The van der Waals surface area contributed by atoms with Gasteiger partial charge in [-0.2, -0.15) is 0 Å². The molecule has 5 heteroatoms. The number of ketones is 1. The summed E-state index contributed by atoms with van der Waals surface area (Å²) in [5.41, 5.74) is 3.27. The summed E-state index contributed by atoms with van der Waals surface area (Å²) in [6.07, 6.45) is 0. The largest absolute Gasteiger partial charge is 0.497 e. The van der Waals surface area contributed by atoms with Crippen molar-refractivity contribution >= 4 is 17.4 Å². The van der Waals surface area contributed by atoms with Crippen LogP contribution in [0.2, 0.25) is 0 Å². The molecule has 2 aromatic rings. The fraction of sp³-hybridized carbons (Fsp3) is 0.263. The molecule has 0 fully saturated rings. The highest BCUT2D eigenvalue weighted by molar-refractivity contribution is 5.97. The van der Waals surface area contributed by atoms with Crippen molar-refractivity contribution in [2.24, 2.45) is 0 Å². The van der Waals surface area contributed by atoms with E-state index in [4.69, 9.17) is 9.47 Å². The Morgan fingerprint density at radius 2 is 1.71 bits per heavy atom. The van der Waals surface area contributed by atoms with Gasteiger partial charge in [-0.3, -0.25) is 9.59 Å². The molecule has 0 spiro atoms. The predicted octanol–water partition coefficient (Wildman–Crippen LogP) is 3.53. The lowest BCUT2D eigenvalue weighted by atomic mass is 10.1. The van der Waals surface area contributed by atoms with Gasteiger partial charge in [0.25, 0.3) is 5.91 Å². The highest BCUT2D eigenvalue weighted by atomic mass is 16.5. The minimum absolute atomic E-state index is 0.137. The minimum Gasteiger partial charge on any atom is -0.497 e. The Kier molecular flexibility index (Phi) is 5.58. The van der Waals surface area contributed by atoms with Crippen LogP contribution in [0.25, 0.3) is 0 Å². The number of benzene rings is 2. The maximum absolute atomic E-state index is 12.1. The monoisotopic (exact) mass is 327 g/mol. The Bertz CT molecular complexity index is 748. The maximum Gasteiger partial charge on any atom is 0.262 e. The first-order valence-electron chi connectivity index (χ1n) is 7.59. The number of rotatable bonds is 6. The molecule has 0 saturated heterocycles. The van der Waals surface area contributed by atoms with E-state index in [1.165, 1.54) is 14.0 Å². The molecule has 0 atom stereocenters. The number of carbonyl (C=O) groups is 2. The third-order valence-electron chi connectivity index (χ3n) is 3.43. The van der Waals surface area contributed by atoms with Gasteiger partial charge >= 0.3 is 0 Å². The van der Waals surface area contributed by atoms with E-state index in [2.05, 4.69) is 5.32 Å². The van der Waals surface area contributed by atoms with E-state index in [1.807, 2.05) is 32.0 Å². The van der Waals surface area contributed by atoms with Gasteiger partial charge in [-0.1, -0.05) is 6.07 Å². The first-order chi connectivity index (χ1) is 11.4. The van der Waals surface area contributed by atoms with E-state index in [-0.39, 0.29) is 18.3 Å². The standard InChI is InChI=1S/C19H21NO4/c1-12-7-13(2)9-15(8-12)20-19(22)11-24-18-10-16(23-4)5-6-17(18)14(3)21/h5-10H,11H2,1-4H3,(H,20,22). The van der Waals surface area contributed by atoms with Crippen LogP contribution in [-0.4, -0.2) is 25.4 Å². The van der Waals surface area contributed by atoms with Crippen molar-refractivity contribution in [1.29, 1.82) is 0 Å². The van der Waals surface area contributed by atoms with Gasteiger partial charge in [0.2, 0.25) is 0 Å². The van der Waals surface area contributed by atoms with E-state index in [0.29, 0.717) is 17.1 Å². The van der Waals surface area contributed by atoms with Crippen LogP contribution in [0.3, 0.4) is 0 Å². The van der Waals surface area contributed by atoms with Gasteiger partial charge < -0.3 is 14.8 Å². The fourth-order valence-corrected chi connectivity index (χ4v) is 2.43. The number of Topliss-reactive ketones (excluding diaryl/α,β-unsaturated/α-hetero) is 1. The Morgan fingerprint density at radius 1 is 1.04 bits per heavy atom. The summed E-state index contributed by atoms with van der Waals surface area (Å²) in [6, 6.07) is 10.7. The van der Waals surface area contributed by atoms with Crippen LogP contribution in [0.15, 0.2) is 36.4 Å². The molecular formula is C19H21NO4. The molecule has 0 aliphatic carbocycles. The molecule has 0 saturated carbocycles. The number of methoxy groups -OCH3 is 1. The van der Waals surface area contributed by atoms with Crippen LogP contribution in [0.1, 0.15) is 28.4 Å². The summed E-state index contributed by atoms with van der Waals surface area (Å²) >= 11 is 0. The molecule has 0 aliphatic rings. The van der Waals surface area contributed by atoms with E-state index in [1.54, 1.807) is 18.2 Å².